The molecule has 1 aliphatic heterocycles. The number of hydrogen-bond acceptors (Lipinski definition) is 3. The molecular weight excluding hydrogens is 204 g/mol. The van der Waals surface area contributed by atoms with Gasteiger partial charge in [0.25, 0.3) is 0 Å². The lowest BCUT2D eigenvalue weighted by Gasteiger charge is -2.41. The first-order chi connectivity index (χ1) is 7.29. The smallest absolute Gasteiger partial charge is 0.0250 e. The molecule has 0 aromatic carbocycles. The summed E-state index contributed by atoms with van der Waals surface area (Å²) < 4.78 is 0. The minimum absolute atomic E-state index is 0.429. The summed E-state index contributed by atoms with van der Waals surface area (Å²) in [5.74, 6) is 2.59. The molecule has 15 heavy (non-hydrogen) atoms. The Morgan fingerprint density at radius 2 is 2.00 bits per heavy atom. The summed E-state index contributed by atoms with van der Waals surface area (Å²) in [6.45, 7) is 3.62. The van der Waals surface area contributed by atoms with Crippen LogP contribution >= 0.6 is 11.8 Å². The zero-order chi connectivity index (χ0) is 10.7. The summed E-state index contributed by atoms with van der Waals surface area (Å²) in [6, 6.07) is 1.83. The number of rotatable bonds is 1. The first-order valence-electron chi connectivity index (χ1n) is 6.38. The van der Waals surface area contributed by atoms with Crippen molar-refractivity contribution in [2.75, 3.05) is 18.1 Å². The lowest BCUT2D eigenvalue weighted by Crippen LogP contribution is -2.53. The van der Waals surface area contributed by atoms with Gasteiger partial charge in [0.15, 0.2) is 0 Å². The third-order valence-corrected chi connectivity index (χ3v) is 5.07. The molecule has 0 aromatic heterocycles. The van der Waals surface area contributed by atoms with Crippen molar-refractivity contribution >= 4 is 11.8 Å². The summed E-state index contributed by atoms with van der Waals surface area (Å²) in [4.78, 5) is 2.69. The molecule has 0 bridgehead atoms. The molecular formula is C12H24N2S. The van der Waals surface area contributed by atoms with E-state index in [-0.39, 0.29) is 0 Å². The van der Waals surface area contributed by atoms with Gasteiger partial charge in [-0.1, -0.05) is 19.3 Å². The van der Waals surface area contributed by atoms with Crippen LogP contribution in [-0.4, -0.2) is 41.1 Å². The van der Waals surface area contributed by atoms with Gasteiger partial charge in [-0.2, -0.15) is 11.8 Å². The number of thioether (sulfide) groups is 1. The molecule has 1 heterocycles. The Hall–Kier alpha value is 0.270. The Morgan fingerprint density at radius 3 is 2.80 bits per heavy atom. The van der Waals surface area contributed by atoms with Crippen LogP contribution in [0.5, 0.6) is 0 Å². The van der Waals surface area contributed by atoms with Crippen LogP contribution in [0.15, 0.2) is 0 Å². The summed E-state index contributed by atoms with van der Waals surface area (Å²) in [5.41, 5.74) is 6.32. The van der Waals surface area contributed by atoms with Crippen LogP contribution in [0.25, 0.3) is 0 Å². The van der Waals surface area contributed by atoms with Gasteiger partial charge in [-0.3, -0.25) is 4.90 Å². The second kappa shape index (κ2) is 5.55. The van der Waals surface area contributed by atoms with Crippen LogP contribution in [0.1, 0.15) is 39.0 Å². The molecule has 2 rings (SSSR count). The molecule has 3 unspecified atom stereocenters. The van der Waals surface area contributed by atoms with Gasteiger partial charge in [0.05, 0.1) is 0 Å². The summed E-state index contributed by atoms with van der Waals surface area (Å²) in [7, 11) is 0. The fraction of sp³-hybridized carbons (Fsp3) is 1.00. The van der Waals surface area contributed by atoms with E-state index in [2.05, 4.69) is 23.6 Å². The fourth-order valence-corrected chi connectivity index (χ4v) is 4.00. The second-order valence-electron chi connectivity index (χ2n) is 5.03. The molecule has 3 atom stereocenters. The molecule has 1 aliphatic carbocycles. The zero-order valence-corrected chi connectivity index (χ0v) is 10.6. The van der Waals surface area contributed by atoms with E-state index in [0.29, 0.717) is 12.1 Å². The van der Waals surface area contributed by atoms with Crippen molar-refractivity contribution in [1.29, 1.82) is 0 Å². The van der Waals surface area contributed by atoms with E-state index in [1.165, 1.54) is 50.2 Å². The van der Waals surface area contributed by atoms with Crippen LogP contribution in [-0.2, 0) is 0 Å². The van der Waals surface area contributed by atoms with Gasteiger partial charge in [-0.05, 0) is 19.8 Å². The lowest BCUT2D eigenvalue weighted by molar-refractivity contribution is 0.132. The lowest BCUT2D eigenvalue weighted by atomic mass is 10.0. The van der Waals surface area contributed by atoms with E-state index in [4.69, 9.17) is 5.73 Å². The van der Waals surface area contributed by atoms with Crippen molar-refractivity contribution in [3.63, 3.8) is 0 Å². The highest BCUT2D eigenvalue weighted by Crippen LogP contribution is 2.26. The molecule has 1 saturated heterocycles. The molecule has 0 amide bonds. The predicted octanol–water partition coefficient (Wildman–Crippen LogP) is 2.08. The minimum atomic E-state index is 0.429. The normalized spacial score (nSPS) is 40.0. The summed E-state index contributed by atoms with van der Waals surface area (Å²) in [5, 5.41) is 0. The second-order valence-corrected chi connectivity index (χ2v) is 6.18. The Bertz CT molecular complexity index is 198. The van der Waals surface area contributed by atoms with Gasteiger partial charge < -0.3 is 5.73 Å². The number of nitrogens with zero attached hydrogens (tertiary/aromatic N) is 1. The molecule has 88 valence electrons. The van der Waals surface area contributed by atoms with E-state index in [1.807, 2.05) is 0 Å². The molecule has 1 saturated carbocycles. The molecule has 3 heteroatoms. The minimum Gasteiger partial charge on any atom is -0.326 e. The maximum Gasteiger partial charge on any atom is 0.0250 e. The van der Waals surface area contributed by atoms with Crippen molar-refractivity contribution in [2.24, 2.45) is 5.73 Å². The highest BCUT2D eigenvalue weighted by molar-refractivity contribution is 7.99. The van der Waals surface area contributed by atoms with E-state index in [1.54, 1.807) is 0 Å². The van der Waals surface area contributed by atoms with Crippen LogP contribution < -0.4 is 5.73 Å². The van der Waals surface area contributed by atoms with Crippen LogP contribution in [0.3, 0.4) is 0 Å². The fourth-order valence-electron chi connectivity index (χ4n) is 2.96. The van der Waals surface area contributed by atoms with Gasteiger partial charge in [0, 0.05) is 36.2 Å². The summed E-state index contributed by atoms with van der Waals surface area (Å²) in [6.07, 6.45) is 6.68. The molecule has 0 spiro atoms. The van der Waals surface area contributed by atoms with Gasteiger partial charge in [0.2, 0.25) is 0 Å². The Labute approximate surface area is 98.0 Å². The maximum atomic E-state index is 6.32. The standard InChI is InChI=1S/C12H24N2S/c1-10-9-15-8-7-14(10)12-6-4-2-3-5-11(12)13/h10-12H,2-9,13H2,1H3. The average Bonchev–Trinajstić information content (AvgIpc) is 2.44. The average molecular weight is 228 g/mol. The maximum absolute atomic E-state index is 6.32. The van der Waals surface area contributed by atoms with Crippen LogP contribution in [0.2, 0.25) is 0 Å². The Kier molecular flexibility index (Phi) is 4.35. The Morgan fingerprint density at radius 1 is 1.20 bits per heavy atom. The van der Waals surface area contributed by atoms with Gasteiger partial charge in [-0.25, -0.2) is 0 Å². The molecule has 0 radical (unpaired) electrons. The third-order valence-electron chi connectivity index (χ3n) is 3.88. The third kappa shape index (κ3) is 2.89. The van der Waals surface area contributed by atoms with Crippen molar-refractivity contribution in [1.82, 2.24) is 4.90 Å². The van der Waals surface area contributed by atoms with E-state index < -0.39 is 0 Å². The monoisotopic (exact) mass is 228 g/mol. The predicted molar refractivity (Wildman–Crippen MR) is 68.3 cm³/mol. The molecule has 2 fully saturated rings. The van der Waals surface area contributed by atoms with Crippen LogP contribution in [0, 0.1) is 0 Å². The van der Waals surface area contributed by atoms with Crippen molar-refractivity contribution in [2.45, 2.75) is 57.2 Å². The highest BCUT2D eigenvalue weighted by Gasteiger charge is 2.30. The largest absolute Gasteiger partial charge is 0.326 e. The quantitative estimate of drug-likeness (QED) is 0.697. The van der Waals surface area contributed by atoms with Crippen molar-refractivity contribution < 1.29 is 0 Å². The van der Waals surface area contributed by atoms with Gasteiger partial charge in [-0.15, -0.1) is 0 Å². The number of nitrogens with two attached hydrogens (primary N) is 1. The van der Waals surface area contributed by atoms with Crippen molar-refractivity contribution in [3.8, 4) is 0 Å². The van der Waals surface area contributed by atoms with Crippen LogP contribution in [0.4, 0.5) is 0 Å². The number of hydrogen-bond donors (Lipinski definition) is 1. The Balaban J connectivity index is 1.98. The van der Waals surface area contributed by atoms with Crippen molar-refractivity contribution in [3.05, 3.63) is 0 Å². The molecule has 2 aliphatic rings. The topological polar surface area (TPSA) is 29.3 Å². The van der Waals surface area contributed by atoms with E-state index >= 15 is 0 Å². The first kappa shape index (κ1) is 11.7. The van der Waals surface area contributed by atoms with Gasteiger partial charge >= 0.3 is 0 Å². The van der Waals surface area contributed by atoms with E-state index in [9.17, 15) is 0 Å². The SMILES string of the molecule is CC1CSCCN1C1CCCCCC1N. The molecule has 0 aromatic rings. The first-order valence-corrected chi connectivity index (χ1v) is 7.53. The summed E-state index contributed by atoms with van der Waals surface area (Å²) >= 11 is 2.09. The highest BCUT2D eigenvalue weighted by atomic mass is 32.2. The van der Waals surface area contributed by atoms with E-state index in [0.717, 1.165) is 6.04 Å². The zero-order valence-electron chi connectivity index (χ0n) is 9.82. The van der Waals surface area contributed by atoms with Gasteiger partial charge in [0.1, 0.15) is 0 Å². The molecule has 2 N–H and O–H groups in total. The molecule has 2 nitrogen and oxygen atoms in total.